The summed E-state index contributed by atoms with van der Waals surface area (Å²) in [5, 5.41) is 5.99. The van der Waals surface area contributed by atoms with Gasteiger partial charge in [0, 0.05) is 6.54 Å². The first-order valence-corrected chi connectivity index (χ1v) is 6.86. The van der Waals surface area contributed by atoms with Crippen molar-refractivity contribution in [1.29, 1.82) is 0 Å². The van der Waals surface area contributed by atoms with Crippen LogP contribution < -0.4 is 10.5 Å². The standard InChI is InChI=1S/C9H16N4O2S/c10-9-8(6-11-13-9)16(14,15)12-5-4-7-2-1-3-7/h6-7,12H,1-5H2,(H3,10,11,13). The van der Waals surface area contributed by atoms with Gasteiger partial charge in [-0.25, -0.2) is 13.1 Å². The van der Waals surface area contributed by atoms with Gasteiger partial charge in [-0.05, 0) is 12.3 Å². The van der Waals surface area contributed by atoms with Crippen molar-refractivity contribution in [3.8, 4) is 0 Å². The van der Waals surface area contributed by atoms with Crippen LogP contribution in [0.25, 0.3) is 0 Å². The van der Waals surface area contributed by atoms with Crippen molar-refractivity contribution < 1.29 is 8.42 Å². The summed E-state index contributed by atoms with van der Waals surface area (Å²) in [6.45, 7) is 0.470. The Hall–Kier alpha value is -1.08. The van der Waals surface area contributed by atoms with Crippen LogP contribution in [0, 0.1) is 5.92 Å². The van der Waals surface area contributed by atoms with Crippen molar-refractivity contribution in [2.75, 3.05) is 12.3 Å². The average molecular weight is 244 g/mol. The summed E-state index contributed by atoms with van der Waals surface area (Å²) < 4.78 is 26.0. The molecule has 16 heavy (non-hydrogen) atoms. The number of nitrogen functional groups attached to an aromatic ring is 1. The van der Waals surface area contributed by atoms with E-state index in [-0.39, 0.29) is 10.7 Å². The molecule has 0 amide bonds. The van der Waals surface area contributed by atoms with Crippen LogP contribution in [0.2, 0.25) is 0 Å². The Morgan fingerprint density at radius 2 is 2.31 bits per heavy atom. The lowest BCUT2D eigenvalue weighted by molar-refractivity contribution is 0.297. The van der Waals surface area contributed by atoms with Crippen LogP contribution in [0.3, 0.4) is 0 Å². The second-order valence-corrected chi connectivity index (χ2v) is 5.87. The maximum Gasteiger partial charge on any atom is 0.245 e. The predicted octanol–water partition coefficient (Wildman–Crippen LogP) is 0.460. The topological polar surface area (TPSA) is 101 Å². The lowest BCUT2D eigenvalue weighted by Gasteiger charge is -2.24. The lowest BCUT2D eigenvalue weighted by atomic mass is 9.83. The van der Waals surface area contributed by atoms with Crippen molar-refractivity contribution in [2.24, 2.45) is 5.92 Å². The molecule has 0 spiro atoms. The monoisotopic (exact) mass is 244 g/mol. The molecule has 1 heterocycles. The minimum absolute atomic E-state index is 0.0288. The van der Waals surface area contributed by atoms with E-state index in [1.54, 1.807) is 0 Å². The van der Waals surface area contributed by atoms with E-state index in [4.69, 9.17) is 5.73 Å². The first-order valence-electron chi connectivity index (χ1n) is 5.38. The zero-order valence-electron chi connectivity index (χ0n) is 8.94. The summed E-state index contributed by atoms with van der Waals surface area (Å²) in [5.41, 5.74) is 5.46. The van der Waals surface area contributed by atoms with Gasteiger partial charge in [-0.1, -0.05) is 19.3 Å². The fourth-order valence-corrected chi connectivity index (χ4v) is 2.82. The predicted molar refractivity (Wildman–Crippen MR) is 60.1 cm³/mol. The molecule has 1 aliphatic rings. The van der Waals surface area contributed by atoms with Gasteiger partial charge in [-0.2, -0.15) is 5.10 Å². The number of anilines is 1. The number of hydrogen-bond acceptors (Lipinski definition) is 4. The van der Waals surface area contributed by atoms with Gasteiger partial charge in [0.15, 0.2) is 0 Å². The van der Waals surface area contributed by atoms with Crippen LogP contribution in [-0.4, -0.2) is 25.2 Å². The van der Waals surface area contributed by atoms with Crippen LogP contribution in [0.5, 0.6) is 0 Å². The highest BCUT2D eigenvalue weighted by atomic mass is 32.2. The Bertz CT molecular complexity index is 450. The molecule has 0 aromatic carbocycles. The van der Waals surface area contributed by atoms with Crippen molar-refractivity contribution in [3.05, 3.63) is 6.20 Å². The quantitative estimate of drug-likeness (QED) is 0.700. The molecule has 0 bridgehead atoms. The minimum atomic E-state index is -3.50. The van der Waals surface area contributed by atoms with Crippen molar-refractivity contribution >= 4 is 15.8 Å². The first-order chi connectivity index (χ1) is 7.59. The summed E-state index contributed by atoms with van der Waals surface area (Å²) in [7, 11) is -3.50. The van der Waals surface area contributed by atoms with E-state index in [1.807, 2.05) is 0 Å². The van der Waals surface area contributed by atoms with Gasteiger partial charge in [0.1, 0.15) is 10.7 Å². The van der Waals surface area contributed by atoms with Gasteiger partial charge in [-0.3, -0.25) is 5.10 Å². The van der Waals surface area contributed by atoms with E-state index in [1.165, 1.54) is 25.5 Å². The number of aromatic nitrogens is 2. The van der Waals surface area contributed by atoms with Gasteiger partial charge in [0.2, 0.25) is 10.0 Å². The number of H-pyrrole nitrogens is 1. The van der Waals surface area contributed by atoms with Crippen LogP contribution in [0.15, 0.2) is 11.1 Å². The van der Waals surface area contributed by atoms with Gasteiger partial charge in [0.25, 0.3) is 0 Å². The third-order valence-corrected chi connectivity index (χ3v) is 4.48. The summed E-state index contributed by atoms with van der Waals surface area (Å²) >= 11 is 0. The molecule has 1 aromatic heterocycles. The number of rotatable bonds is 5. The number of nitrogens with two attached hydrogens (primary N) is 1. The van der Waals surface area contributed by atoms with E-state index in [2.05, 4.69) is 14.9 Å². The molecule has 0 atom stereocenters. The Morgan fingerprint density at radius 1 is 1.56 bits per heavy atom. The molecule has 0 aliphatic heterocycles. The molecular weight excluding hydrogens is 228 g/mol. The number of sulfonamides is 1. The molecule has 1 aliphatic carbocycles. The Labute approximate surface area is 94.7 Å². The van der Waals surface area contributed by atoms with E-state index in [0.717, 1.165) is 6.42 Å². The highest BCUT2D eigenvalue weighted by molar-refractivity contribution is 7.89. The number of nitrogens with one attached hydrogen (secondary N) is 2. The molecule has 1 saturated carbocycles. The fourth-order valence-electron chi connectivity index (χ4n) is 1.76. The molecule has 1 aromatic rings. The third-order valence-electron chi connectivity index (χ3n) is 2.99. The van der Waals surface area contributed by atoms with Crippen molar-refractivity contribution in [2.45, 2.75) is 30.6 Å². The first kappa shape index (κ1) is 11.4. The van der Waals surface area contributed by atoms with Crippen molar-refractivity contribution in [1.82, 2.24) is 14.9 Å². The largest absolute Gasteiger partial charge is 0.383 e. The second-order valence-electron chi connectivity index (χ2n) is 4.13. The van der Waals surface area contributed by atoms with E-state index in [9.17, 15) is 8.42 Å². The molecule has 90 valence electrons. The van der Waals surface area contributed by atoms with Gasteiger partial charge in [0.05, 0.1) is 6.20 Å². The Morgan fingerprint density at radius 3 is 2.81 bits per heavy atom. The van der Waals surface area contributed by atoms with Crippen LogP contribution in [-0.2, 0) is 10.0 Å². The fraction of sp³-hybridized carbons (Fsp3) is 0.667. The van der Waals surface area contributed by atoms with E-state index >= 15 is 0 Å². The molecule has 7 heteroatoms. The van der Waals surface area contributed by atoms with Crippen LogP contribution >= 0.6 is 0 Å². The molecule has 0 saturated heterocycles. The van der Waals surface area contributed by atoms with Crippen LogP contribution in [0.4, 0.5) is 5.82 Å². The molecule has 6 nitrogen and oxygen atoms in total. The van der Waals surface area contributed by atoms with Gasteiger partial charge < -0.3 is 5.73 Å². The summed E-state index contributed by atoms with van der Waals surface area (Å²) in [6, 6.07) is 0. The third kappa shape index (κ3) is 2.35. The number of aromatic amines is 1. The zero-order chi connectivity index (χ0) is 11.6. The smallest absolute Gasteiger partial charge is 0.245 e. The molecule has 4 N–H and O–H groups in total. The molecule has 0 radical (unpaired) electrons. The Balaban J connectivity index is 1.90. The highest BCUT2D eigenvalue weighted by Gasteiger charge is 2.21. The molecule has 0 unspecified atom stereocenters. The SMILES string of the molecule is Nc1[nH]ncc1S(=O)(=O)NCCC1CCC1. The second kappa shape index (κ2) is 4.42. The van der Waals surface area contributed by atoms with Gasteiger partial charge in [-0.15, -0.1) is 0 Å². The molecule has 1 fully saturated rings. The molecular formula is C9H16N4O2S. The maximum atomic E-state index is 11.8. The summed E-state index contributed by atoms with van der Waals surface area (Å²) in [5.74, 6) is 0.764. The maximum absolute atomic E-state index is 11.8. The average Bonchev–Trinajstić information content (AvgIpc) is 2.56. The van der Waals surface area contributed by atoms with E-state index < -0.39 is 10.0 Å². The minimum Gasteiger partial charge on any atom is -0.383 e. The van der Waals surface area contributed by atoms with Crippen LogP contribution in [0.1, 0.15) is 25.7 Å². The highest BCUT2D eigenvalue weighted by Crippen LogP contribution is 2.28. The summed E-state index contributed by atoms with van der Waals surface area (Å²) in [6.07, 6.45) is 5.83. The van der Waals surface area contributed by atoms with Crippen molar-refractivity contribution in [3.63, 3.8) is 0 Å². The summed E-state index contributed by atoms with van der Waals surface area (Å²) in [4.78, 5) is 0.0288. The Kier molecular flexibility index (Phi) is 3.15. The zero-order valence-corrected chi connectivity index (χ0v) is 9.76. The van der Waals surface area contributed by atoms with Gasteiger partial charge >= 0.3 is 0 Å². The van der Waals surface area contributed by atoms with E-state index in [0.29, 0.717) is 12.5 Å². The lowest BCUT2D eigenvalue weighted by Crippen LogP contribution is -2.27. The molecule has 2 rings (SSSR count). The number of hydrogen-bond donors (Lipinski definition) is 3. The normalized spacial score (nSPS) is 17.2. The number of nitrogens with zero attached hydrogens (tertiary/aromatic N) is 1.